The van der Waals surface area contributed by atoms with E-state index in [1.165, 1.54) is 17.4 Å². The molecule has 5 nitrogen and oxygen atoms in total. The van der Waals surface area contributed by atoms with E-state index in [1.54, 1.807) is 37.4 Å². The molecular weight excluding hydrogens is 507 g/mol. The molecule has 2 aromatic carbocycles. The highest BCUT2D eigenvalue weighted by Gasteiger charge is 2.34. The molecule has 0 spiro atoms. The maximum Gasteiger partial charge on any atom is 0.417 e. The highest BCUT2D eigenvalue weighted by atomic mass is 79.9. The number of carbonyl (C=O) groups excluding carboxylic acids is 1. The van der Waals surface area contributed by atoms with Crippen LogP contribution in [0.4, 0.5) is 18.0 Å². The molecule has 4 rings (SSSR count). The molecule has 0 aliphatic rings. The van der Waals surface area contributed by atoms with Gasteiger partial charge in [-0.2, -0.15) is 13.2 Å². The molecule has 1 N–H and O–H groups in total. The predicted octanol–water partition coefficient (Wildman–Crippen LogP) is 7.02. The number of alkyl carbamates (subject to hydrolysis) is 1. The van der Waals surface area contributed by atoms with E-state index in [2.05, 4.69) is 26.2 Å². The van der Waals surface area contributed by atoms with Crippen LogP contribution in [-0.4, -0.2) is 21.1 Å². The monoisotopic (exact) mass is 525 g/mol. The largest absolute Gasteiger partial charge is 0.444 e. The summed E-state index contributed by atoms with van der Waals surface area (Å²) in [5.74, 6) is 0. The van der Waals surface area contributed by atoms with Crippen LogP contribution in [0.15, 0.2) is 47.1 Å². The Morgan fingerprint density at radius 2 is 1.94 bits per heavy atom. The van der Waals surface area contributed by atoms with Crippen molar-refractivity contribution < 1.29 is 22.7 Å². The molecule has 0 unspecified atom stereocenters. The Morgan fingerprint density at radius 3 is 2.62 bits per heavy atom. The quantitative estimate of drug-likeness (QED) is 0.312. The minimum absolute atomic E-state index is 0.0142. The topological polar surface area (TPSA) is 55.6 Å². The SMILES string of the molecule is CC(C)(C)OC(=O)NCc1ccc(-c2cn3c(n2)sc2cc(Br)ccc23)c(C(F)(F)F)c1. The zero-order valence-electron chi connectivity index (χ0n) is 17.4. The molecule has 0 bridgehead atoms. The Morgan fingerprint density at radius 1 is 1.19 bits per heavy atom. The second-order valence-corrected chi connectivity index (χ2v) is 10.2. The van der Waals surface area contributed by atoms with E-state index in [0.29, 0.717) is 10.5 Å². The van der Waals surface area contributed by atoms with Gasteiger partial charge in [-0.3, -0.25) is 4.40 Å². The molecule has 0 fully saturated rings. The van der Waals surface area contributed by atoms with Crippen molar-refractivity contribution in [3.8, 4) is 11.3 Å². The zero-order valence-corrected chi connectivity index (χ0v) is 19.8. The maximum atomic E-state index is 13.9. The predicted molar refractivity (Wildman–Crippen MR) is 122 cm³/mol. The summed E-state index contributed by atoms with van der Waals surface area (Å²) < 4.78 is 50.4. The first kappa shape index (κ1) is 22.6. The van der Waals surface area contributed by atoms with Crippen molar-refractivity contribution in [3.63, 3.8) is 0 Å². The van der Waals surface area contributed by atoms with Gasteiger partial charge in [0.1, 0.15) is 5.60 Å². The number of amides is 1. The molecular formula is C22H19BrF3N3O2S. The minimum atomic E-state index is -4.58. The number of rotatable bonds is 3. The Balaban J connectivity index is 1.67. The fraction of sp³-hybridized carbons (Fsp3) is 0.273. The molecule has 10 heteroatoms. The Labute approximate surface area is 194 Å². The van der Waals surface area contributed by atoms with Crippen LogP contribution in [0.2, 0.25) is 0 Å². The number of carbonyl (C=O) groups is 1. The Kier molecular flexibility index (Phi) is 5.70. The van der Waals surface area contributed by atoms with Crippen molar-refractivity contribution in [2.75, 3.05) is 0 Å². The van der Waals surface area contributed by atoms with Gasteiger partial charge in [0.25, 0.3) is 0 Å². The van der Waals surface area contributed by atoms with E-state index in [4.69, 9.17) is 4.74 Å². The maximum absolute atomic E-state index is 13.9. The van der Waals surface area contributed by atoms with Crippen LogP contribution in [0.5, 0.6) is 0 Å². The second-order valence-electron chi connectivity index (χ2n) is 8.23. The van der Waals surface area contributed by atoms with E-state index < -0.39 is 23.4 Å². The number of imidazole rings is 1. The number of halogens is 4. The third-order valence-electron chi connectivity index (χ3n) is 4.56. The van der Waals surface area contributed by atoms with Gasteiger partial charge in [0, 0.05) is 22.8 Å². The summed E-state index contributed by atoms with van der Waals surface area (Å²) in [6.07, 6.45) is -3.66. The van der Waals surface area contributed by atoms with Gasteiger partial charge in [0.2, 0.25) is 0 Å². The first-order valence-corrected chi connectivity index (χ1v) is 11.3. The molecule has 0 radical (unpaired) electrons. The molecule has 0 saturated carbocycles. The number of hydrogen-bond donors (Lipinski definition) is 1. The molecule has 0 aliphatic heterocycles. The highest BCUT2D eigenvalue weighted by molar-refractivity contribution is 9.10. The molecule has 0 atom stereocenters. The normalized spacial score (nSPS) is 12.5. The lowest BCUT2D eigenvalue weighted by molar-refractivity contribution is -0.137. The first-order valence-electron chi connectivity index (χ1n) is 9.65. The number of fused-ring (bicyclic) bond motifs is 3. The molecule has 32 heavy (non-hydrogen) atoms. The Bertz CT molecular complexity index is 1320. The summed E-state index contributed by atoms with van der Waals surface area (Å²) in [4.78, 5) is 16.9. The number of nitrogens with zero attached hydrogens (tertiary/aromatic N) is 2. The lowest BCUT2D eigenvalue weighted by Crippen LogP contribution is -2.32. The molecule has 2 aromatic heterocycles. The van der Waals surface area contributed by atoms with E-state index in [9.17, 15) is 18.0 Å². The lowest BCUT2D eigenvalue weighted by Gasteiger charge is -2.20. The number of nitrogens with one attached hydrogen (secondary N) is 1. The molecule has 0 aliphatic carbocycles. The number of aromatic nitrogens is 2. The molecule has 2 heterocycles. The zero-order chi connectivity index (χ0) is 23.3. The summed E-state index contributed by atoms with van der Waals surface area (Å²) >= 11 is 4.82. The fourth-order valence-electron chi connectivity index (χ4n) is 3.25. The van der Waals surface area contributed by atoms with E-state index in [-0.39, 0.29) is 17.8 Å². The van der Waals surface area contributed by atoms with Gasteiger partial charge in [0.05, 0.1) is 21.5 Å². The van der Waals surface area contributed by atoms with Gasteiger partial charge >= 0.3 is 12.3 Å². The average molecular weight is 526 g/mol. The molecule has 168 valence electrons. The fourth-order valence-corrected chi connectivity index (χ4v) is 4.81. The number of thiazole rings is 1. The van der Waals surface area contributed by atoms with Crippen LogP contribution < -0.4 is 5.32 Å². The number of hydrogen-bond acceptors (Lipinski definition) is 4. The van der Waals surface area contributed by atoms with Gasteiger partial charge in [0.15, 0.2) is 4.96 Å². The summed E-state index contributed by atoms with van der Waals surface area (Å²) in [6.45, 7) is 5.04. The van der Waals surface area contributed by atoms with E-state index in [1.807, 2.05) is 18.2 Å². The van der Waals surface area contributed by atoms with Gasteiger partial charge in [-0.1, -0.05) is 39.4 Å². The van der Waals surface area contributed by atoms with Crippen LogP contribution in [-0.2, 0) is 17.5 Å². The van der Waals surface area contributed by atoms with E-state index >= 15 is 0 Å². The smallest absolute Gasteiger partial charge is 0.417 e. The van der Waals surface area contributed by atoms with Crippen molar-refractivity contribution in [2.45, 2.75) is 39.1 Å². The molecule has 4 aromatic rings. The van der Waals surface area contributed by atoms with Crippen molar-refractivity contribution in [1.82, 2.24) is 14.7 Å². The third-order valence-corrected chi connectivity index (χ3v) is 6.07. The summed E-state index contributed by atoms with van der Waals surface area (Å²) in [5, 5.41) is 2.48. The summed E-state index contributed by atoms with van der Waals surface area (Å²) in [6, 6.07) is 9.69. The van der Waals surface area contributed by atoms with Crippen LogP contribution in [0.3, 0.4) is 0 Å². The molecule has 1 amide bonds. The van der Waals surface area contributed by atoms with Crippen molar-refractivity contribution in [3.05, 3.63) is 58.2 Å². The average Bonchev–Trinajstić information content (AvgIpc) is 3.21. The molecule has 0 saturated heterocycles. The highest BCUT2D eigenvalue weighted by Crippen LogP contribution is 2.39. The van der Waals surface area contributed by atoms with Crippen molar-refractivity contribution in [2.24, 2.45) is 0 Å². The standard InChI is InChI=1S/C22H19BrF3N3O2S/c1-21(2,3)31-20(30)27-10-12-4-6-14(15(8-12)22(24,25)26)16-11-29-17-7-5-13(23)9-18(17)32-19(29)28-16/h4-9,11H,10H2,1-3H3,(H,27,30). The van der Waals surface area contributed by atoms with E-state index in [0.717, 1.165) is 20.8 Å². The summed E-state index contributed by atoms with van der Waals surface area (Å²) in [5.41, 5.74) is -0.0975. The second kappa shape index (κ2) is 8.08. The number of ether oxygens (including phenoxy) is 1. The van der Waals surface area contributed by atoms with Gasteiger partial charge in [-0.05, 0) is 50.6 Å². The van der Waals surface area contributed by atoms with Crippen LogP contribution in [0, 0.1) is 0 Å². The number of alkyl halides is 3. The van der Waals surface area contributed by atoms with Gasteiger partial charge in [-0.25, -0.2) is 9.78 Å². The van der Waals surface area contributed by atoms with Crippen LogP contribution in [0.1, 0.15) is 31.9 Å². The summed E-state index contributed by atoms with van der Waals surface area (Å²) in [7, 11) is 0. The van der Waals surface area contributed by atoms with Gasteiger partial charge in [-0.15, -0.1) is 0 Å². The van der Waals surface area contributed by atoms with Crippen LogP contribution >= 0.6 is 27.3 Å². The third kappa shape index (κ3) is 4.75. The van der Waals surface area contributed by atoms with Crippen molar-refractivity contribution in [1.29, 1.82) is 0 Å². The number of benzene rings is 2. The van der Waals surface area contributed by atoms with Crippen molar-refractivity contribution >= 4 is 48.5 Å². The van der Waals surface area contributed by atoms with Crippen LogP contribution in [0.25, 0.3) is 26.4 Å². The minimum Gasteiger partial charge on any atom is -0.444 e. The van der Waals surface area contributed by atoms with Gasteiger partial charge < -0.3 is 10.1 Å². The first-order chi connectivity index (χ1) is 14.9. The Hall–Kier alpha value is -2.59. The lowest BCUT2D eigenvalue weighted by atomic mass is 10.0.